The summed E-state index contributed by atoms with van der Waals surface area (Å²) in [5, 5.41) is 14.2. The zero-order chi connectivity index (χ0) is 19.3. The molecule has 4 aromatic rings. The number of aromatic nitrogens is 6. The molecule has 2 aromatic carbocycles. The van der Waals surface area contributed by atoms with Gasteiger partial charge >= 0.3 is 0 Å². The van der Waals surface area contributed by atoms with Crippen molar-refractivity contribution in [3.63, 3.8) is 0 Å². The van der Waals surface area contributed by atoms with Gasteiger partial charge < -0.3 is 10.3 Å². The van der Waals surface area contributed by atoms with E-state index in [9.17, 15) is 4.79 Å². The summed E-state index contributed by atoms with van der Waals surface area (Å²) >= 11 is 1.74. The van der Waals surface area contributed by atoms with E-state index in [0.717, 1.165) is 34.7 Å². The topological polar surface area (TPSA) is 101 Å². The van der Waals surface area contributed by atoms with Crippen LogP contribution < -0.4 is 5.32 Å². The van der Waals surface area contributed by atoms with E-state index in [1.54, 1.807) is 23.9 Å². The smallest absolute Gasteiger partial charge is 0.251 e. The van der Waals surface area contributed by atoms with Gasteiger partial charge in [-0.05, 0) is 65.3 Å². The number of H-pyrrole nitrogens is 1. The summed E-state index contributed by atoms with van der Waals surface area (Å²) < 4.78 is 1.54. The van der Waals surface area contributed by atoms with Crippen molar-refractivity contribution in [2.45, 2.75) is 12.5 Å². The number of hydrogen-bond acceptors (Lipinski definition) is 6. The Hall–Kier alpha value is -3.20. The lowest BCUT2D eigenvalue weighted by Crippen LogP contribution is -2.29. The van der Waals surface area contributed by atoms with Crippen molar-refractivity contribution in [3.8, 4) is 5.69 Å². The maximum Gasteiger partial charge on any atom is 0.251 e. The van der Waals surface area contributed by atoms with Crippen LogP contribution in [0.5, 0.6) is 0 Å². The highest BCUT2D eigenvalue weighted by molar-refractivity contribution is 7.98. The highest BCUT2D eigenvalue weighted by Crippen LogP contribution is 2.21. The predicted octanol–water partition coefficient (Wildman–Crippen LogP) is 2.76. The molecule has 0 bridgehead atoms. The summed E-state index contributed by atoms with van der Waals surface area (Å²) in [4.78, 5) is 20.8. The zero-order valence-corrected chi connectivity index (χ0v) is 16.1. The van der Waals surface area contributed by atoms with E-state index in [4.69, 9.17) is 0 Å². The van der Waals surface area contributed by atoms with Crippen LogP contribution >= 0.6 is 11.8 Å². The third-order valence-corrected chi connectivity index (χ3v) is 5.04. The minimum atomic E-state index is -0.188. The summed E-state index contributed by atoms with van der Waals surface area (Å²) in [6, 6.07) is 14.8. The van der Waals surface area contributed by atoms with Crippen LogP contribution in [0, 0.1) is 0 Å². The number of carbonyl (C=O) groups is 1. The highest BCUT2D eigenvalue weighted by atomic mass is 32.2. The summed E-state index contributed by atoms with van der Waals surface area (Å²) in [7, 11) is 0. The fourth-order valence-corrected chi connectivity index (χ4v) is 3.41. The van der Waals surface area contributed by atoms with Gasteiger partial charge in [0.15, 0.2) is 0 Å². The van der Waals surface area contributed by atoms with Gasteiger partial charge in [-0.2, -0.15) is 11.8 Å². The Kier molecular flexibility index (Phi) is 5.34. The fourth-order valence-electron chi connectivity index (χ4n) is 2.94. The predicted molar refractivity (Wildman–Crippen MR) is 108 cm³/mol. The number of thioether (sulfide) groups is 1. The van der Waals surface area contributed by atoms with Crippen LogP contribution in [0.4, 0.5) is 0 Å². The van der Waals surface area contributed by atoms with Crippen molar-refractivity contribution in [3.05, 3.63) is 66.2 Å². The second-order valence-electron chi connectivity index (χ2n) is 6.25. The first-order valence-electron chi connectivity index (χ1n) is 8.82. The Labute approximate surface area is 165 Å². The summed E-state index contributed by atoms with van der Waals surface area (Å²) in [5.74, 6) is 1.55. The van der Waals surface area contributed by atoms with Gasteiger partial charge in [0.05, 0.1) is 22.8 Å². The van der Waals surface area contributed by atoms with Crippen molar-refractivity contribution in [1.29, 1.82) is 0 Å². The molecule has 0 saturated carbocycles. The normalized spacial score (nSPS) is 12.2. The lowest BCUT2D eigenvalue weighted by atomic mass is 10.1. The van der Waals surface area contributed by atoms with Gasteiger partial charge in [0, 0.05) is 5.56 Å². The molecule has 0 fully saturated rings. The number of hydrogen-bond donors (Lipinski definition) is 2. The molecule has 2 heterocycles. The zero-order valence-electron chi connectivity index (χ0n) is 15.2. The van der Waals surface area contributed by atoms with Crippen LogP contribution in [0.25, 0.3) is 16.7 Å². The van der Waals surface area contributed by atoms with Crippen molar-refractivity contribution in [1.82, 2.24) is 35.5 Å². The molecule has 0 aliphatic carbocycles. The Morgan fingerprint density at radius 2 is 2.04 bits per heavy atom. The molecule has 28 heavy (non-hydrogen) atoms. The molecule has 2 aromatic heterocycles. The van der Waals surface area contributed by atoms with Crippen LogP contribution in [0.15, 0.2) is 54.9 Å². The molecule has 8 nitrogen and oxygen atoms in total. The lowest BCUT2D eigenvalue weighted by molar-refractivity contribution is 0.0934. The minimum absolute atomic E-state index is 0.144. The first kappa shape index (κ1) is 18.2. The van der Waals surface area contributed by atoms with E-state index < -0.39 is 0 Å². The molecule has 2 N–H and O–H groups in total. The van der Waals surface area contributed by atoms with E-state index in [2.05, 4.69) is 37.1 Å². The number of amides is 1. The Morgan fingerprint density at radius 3 is 2.75 bits per heavy atom. The fraction of sp³-hybridized carbons (Fsp3) is 0.211. The number of rotatable bonds is 7. The number of nitrogens with zero attached hydrogens (tertiary/aromatic N) is 5. The Balaban J connectivity index is 1.53. The van der Waals surface area contributed by atoms with Gasteiger partial charge in [-0.25, -0.2) is 9.67 Å². The highest BCUT2D eigenvalue weighted by Gasteiger charge is 2.19. The summed E-state index contributed by atoms with van der Waals surface area (Å²) in [6.07, 6.45) is 4.35. The van der Waals surface area contributed by atoms with Crippen LogP contribution in [-0.4, -0.2) is 48.1 Å². The largest absolute Gasteiger partial charge is 0.342 e. The molecule has 0 aliphatic heterocycles. The minimum Gasteiger partial charge on any atom is -0.342 e. The quantitative estimate of drug-likeness (QED) is 0.501. The number of nitrogens with one attached hydrogen (secondary N) is 2. The summed E-state index contributed by atoms with van der Waals surface area (Å²) in [5.41, 5.74) is 3.22. The third kappa shape index (κ3) is 3.89. The molecule has 1 atom stereocenters. The number of benzene rings is 2. The van der Waals surface area contributed by atoms with Crippen LogP contribution in [-0.2, 0) is 0 Å². The molecule has 0 unspecified atom stereocenters. The van der Waals surface area contributed by atoms with Crippen LogP contribution in [0.3, 0.4) is 0 Å². The molecule has 0 saturated heterocycles. The number of imidazole rings is 1. The van der Waals surface area contributed by atoms with E-state index in [1.807, 2.05) is 36.4 Å². The lowest BCUT2D eigenvalue weighted by Gasteiger charge is -2.16. The van der Waals surface area contributed by atoms with E-state index >= 15 is 0 Å². The maximum atomic E-state index is 12.8. The molecule has 4 rings (SSSR count). The molecule has 1 amide bonds. The SMILES string of the molecule is CSCC[C@H](NC(=O)c1ccc(-n2cnnn2)cc1)c1nc2ccccc2[nH]1. The van der Waals surface area contributed by atoms with Gasteiger partial charge in [-0.1, -0.05) is 12.1 Å². The molecule has 142 valence electrons. The molecule has 0 spiro atoms. The number of tetrazole rings is 1. The first-order chi connectivity index (χ1) is 13.7. The third-order valence-electron chi connectivity index (χ3n) is 4.40. The van der Waals surface area contributed by atoms with E-state index in [0.29, 0.717) is 5.56 Å². The Bertz CT molecular complexity index is 1030. The number of carbonyl (C=O) groups excluding carboxylic acids is 1. The van der Waals surface area contributed by atoms with Crippen molar-refractivity contribution >= 4 is 28.7 Å². The van der Waals surface area contributed by atoms with Gasteiger partial charge in [0.25, 0.3) is 5.91 Å². The standard InChI is InChI=1S/C19H19N7OS/c1-28-11-10-17(18-21-15-4-2-3-5-16(15)22-18)23-19(27)13-6-8-14(9-7-13)26-12-20-24-25-26/h2-9,12,17H,10-11H2,1H3,(H,21,22)(H,23,27)/t17-/m0/s1. The van der Waals surface area contributed by atoms with Crippen molar-refractivity contribution in [2.24, 2.45) is 0 Å². The number of para-hydroxylation sites is 2. The average Bonchev–Trinajstić information content (AvgIpc) is 3.41. The first-order valence-corrected chi connectivity index (χ1v) is 10.2. The molecule has 0 radical (unpaired) electrons. The Morgan fingerprint density at radius 1 is 1.21 bits per heavy atom. The second-order valence-corrected chi connectivity index (χ2v) is 7.23. The monoisotopic (exact) mass is 393 g/mol. The van der Waals surface area contributed by atoms with Gasteiger partial charge in [0.1, 0.15) is 12.2 Å². The van der Waals surface area contributed by atoms with Gasteiger partial charge in [-0.3, -0.25) is 4.79 Å². The second kappa shape index (κ2) is 8.22. The molecule has 9 heteroatoms. The molecular formula is C19H19N7OS. The number of aromatic amines is 1. The van der Waals surface area contributed by atoms with E-state index in [1.165, 1.54) is 11.0 Å². The van der Waals surface area contributed by atoms with Crippen molar-refractivity contribution < 1.29 is 4.79 Å². The average molecular weight is 393 g/mol. The molecule has 0 aliphatic rings. The van der Waals surface area contributed by atoms with Crippen molar-refractivity contribution in [2.75, 3.05) is 12.0 Å². The van der Waals surface area contributed by atoms with Crippen LogP contribution in [0.1, 0.15) is 28.6 Å². The van der Waals surface area contributed by atoms with Gasteiger partial charge in [-0.15, -0.1) is 5.10 Å². The number of fused-ring (bicyclic) bond motifs is 1. The maximum absolute atomic E-state index is 12.8. The summed E-state index contributed by atoms with van der Waals surface area (Å²) in [6.45, 7) is 0. The molecular weight excluding hydrogens is 374 g/mol. The van der Waals surface area contributed by atoms with E-state index in [-0.39, 0.29) is 11.9 Å². The van der Waals surface area contributed by atoms with Gasteiger partial charge in [0.2, 0.25) is 0 Å². The van der Waals surface area contributed by atoms with Crippen LogP contribution in [0.2, 0.25) is 0 Å².